The topological polar surface area (TPSA) is 72.8 Å². The zero-order chi connectivity index (χ0) is 30.9. The lowest BCUT2D eigenvalue weighted by Crippen LogP contribution is -2.72. The average Bonchev–Trinajstić information content (AvgIpc) is 2.56. The van der Waals surface area contributed by atoms with E-state index in [0.717, 1.165) is 9.47 Å². The minimum absolute atomic E-state index is 0.955. The average molecular weight is 632 g/mol. The third-order valence-corrected chi connectivity index (χ3v) is 4.32. The van der Waals surface area contributed by atoms with Crippen LogP contribution < -0.4 is 0 Å². The number of halogens is 21. The van der Waals surface area contributed by atoms with Gasteiger partial charge in [-0.1, -0.05) is 0 Å². The summed E-state index contributed by atoms with van der Waals surface area (Å²) >= 11 is 0. The predicted octanol–water partition coefficient (Wildman–Crippen LogP) is 5.97. The SMILES string of the molecule is O=S(=O)(O)C(F)(F)C(F)(F)C(F)(F)C(F)(F)C(F)(F)C(F)(F)OC(F)(F)C(F)(F)OC(F)(F)C(F)(F)F. The zero-order valence-corrected chi connectivity index (χ0v) is 16.2. The van der Waals surface area contributed by atoms with Gasteiger partial charge in [0.2, 0.25) is 0 Å². The van der Waals surface area contributed by atoms with Crippen LogP contribution in [0.15, 0.2) is 0 Å². The van der Waals surface area contributed by atoms with Gasteiger partial charge in [0.05, 0.1) is 0 Å². The van der Waals surface area contributed by atoms with Gasteiger partial charge in [0.15, 0.2) is 0 Å². The summed E-state index contributed by atoms with van der Waals surface area (Å²) in [5.41, 5.74) is 0. The lowest BCUT2D eigenvalue weighted by atomic mass is 9.97. The molecule has 0 aliphatic rings. The molecule has 0 radical (unpaired) electrons. The van der Waals surface area contributed by atoms with Crippen molar-refractivity contribution in [2.24, 2.45) is 0 Å². The molecule has 5 nitrogen and oxygen atoms in total. The summed E-state index contributed by atoms with van der Waals surface area (Å²) in [6, 6.07) is 0. The molecular weight excluding hydrogens is 631 g/mol. The number of ether oxygens (including phenoxy) is 2. The van der Waals surface area contributed by atoms with Crippen molar-refractivity contribution in [3.8, 4) is 0 Å². The Morgan fingerprint density at radius 2 is 0.676 bits per heavy atom. The van der Waals surface area contributed by atoms with Gasteiger partial charge in [-0.3, -0.25) is 4.55 Å². The summed E-state index contributed by atoms with van der Waals surface area (Å²) < 4.78 is 299. The van der Waals surface area contributed by atoms with Gasteiger partial charge in [-0.2, -0.15) is 101 Å². The Labute approximate surface area is 185 Å². The molecule has 0 aliphatic carbocycles. The highest BCUT2D eigenvalue weighted by molar-refractivity contribution is 7.87. The minimum Gasteiger partial charge on any atom is -0.281 e. The quantitative estimate of drug-likeness (QED) is 0.225. The summed E-state index contributed by atoms with van der Waals surface area (Å²) in [7, 11) is -8.02. The monoisotopic (exact) mass is 632 g/mol. The smallest absolute Gasteiger partial charge is 0.281 e. The summed E-state index contributed by atoms with van der Waals surface area (Å²) in [5.74, 6) is -35.4. The largest absolute Gasteiger partial charge is 0.483 e. The number of alkyl halides is 21. The standard InChI is InChI=1S/C10HF21O5S/c11-1(12,2(13,14)4(17,18)10(30,31)37(32,33)34)3(15,16)6(22,23)35-8(26,27)9(28,29)36-7(24,25)5(19,20)21/h(H,32,33,34). The van der Waals surface area contributed by atoms with E-state index in [9.17, 15) is 101 Å². The van der Waals surface area contributed by atoms with Crippen LogP contribution in [0.5, 0.6) is 0 Å². The van der Waals surface area contributed by atoms with Crippen LogP contribution in [-0.2, 0) is 19.6 Å². The molecule has 1 N–H and O–H groups in total. The highest BCUT2D eigenvalue weighted by Gasteiger charge is 2.93. The van der Waals surface area contributed by atoms with Gasteiger partial charge < -0.3 is 0 Å². The molecule has 224 valence electrons. The molecule has 0 aliphatic heterocycles. The van der Waals surface area contributed by atoms with Gasteiger partial charge in [-0.15, -0.1) is 0 Å². The molecule has 0 bridgehead atoms. The first kappa shape index (κ1) is 35.4. The molecule has 0 atom stereocenters. The van der Waals surface area contributed by atoms with E-state index in [1.807, 2.05) is 0 Å². The minimum atomic E-state index is -9.00. The first-order valence-electron chi connectivity index (χ1n) is 7.26. The molecule has 0 aromatic rings. The highest BCUT2D eigenvalue weighted by Crippen LogP contribution is 2.62. The van der Waals surface area contributed by atoms with E-state index in [2.05, 4.69) is 0 Å². The van der Waals surface area contributed by atoms with Gasteiger partial charge in [0.25, 0.3) is 0 Å². The highest BCUT2D eigenvalue weighted by atomic mass is 32.2. The predicted molar refractivity (Wildman–Crippen MR) is 64.3 cm³/mol. The Bertz CT molecular complexity index is 949. The third-order valence-electron chi connectivity index (χ3n) is 3.42. The Morgan fingerprint density at radius 3 is 0.946 bits per heavy atom. The van der Waals surface area contributed by atoms with Gasteiger partial charge in [0, 0.05) is 0 Å². The van der Waals surface area contributed by atoms with Crippen molar-refractivity contribution in [1.82, 2.24) is 0 Å². The van der Waals surface area contributed by atoms with E-state index in [4.69, 9.17) is 4.55 Å². The van der Waals surface area contributed by atoms with Crippen LogP contribution in [0.4, 0.5) is 92.2 Å². The maximum Gasteiger partial charge on any atom is 0.483 e. The second-order valence-electron chi connectivity index (χ2n) is 6.06. The molecule has 27 heteroatoms. The van der Waals surface area contributed by atoms with Crippen molar-refractivity contribution in [3.63, 3.8) is 0 Å². The molecular formula is C10HF21O5S. The molecule has 0 spiro atoms. The normalized spacial score (nSPS) is 16.8. The molecule has 37 heavy (non-hydrogen) atoms. The first-order chi connectivity index (χ1) is 15.4. The molecule has 0 aromatic heterocycles. The second kappa shape index (κ2) is 8.68. The van der Waals surface area contributed by atoms with Gasteiger partial charge in [-0.05, 0) is 0 Å². The molecule has 0 saturated heterocycles. The lowest BCUT2D eigenvalue weighted by Gasteiger charge is -2.41. The van der Waals surface area contributed by atoms with Crippen molar-refractivity contribution in [3.05, 3.63) is 0 Å². The molecule has 0 saturated carbocycles. The van der Waals surface area contributed by atoms with Gasteiger partial charge in [0.1, 0.15) is 0 Å². The van der Waals surface area contributed by atoms with Crippen LogP contribution in [0.3, 0.4) is 0 Å². The number of rotatable bonds is 11. The van der Waals surface area contributed by atoms with Crippen LogP contribution in [0.25, 0.3) is 0 Å². The number of hydrogen-bond donors (Lipinski definition) is 1. The van der Waals surface area contributed by atoms with Crippen LogP contribution in [0, 0.1) is 0 Å². The van der Waals surface area contributed by atoms with Crippen molar-refractivity contribution in [2.75, 3.05) is 0 Å². The van der Waals surface area contributed by atoms with Crippen molar-refractivity contribution < 1.29 is 115 Å². The van der Waals surface area contributed by atoms with Crippen LogP contribution >= 0.6 is 0 Å². The van der Waals surface area contributed by atoms with E-state index in [-0.39, 0.29) is 0 Å². The van der Waals surface area contributed by atoms with E-state index in [1.165, 1.54) is 0 Å². The maximum absolute atomic E-state index is 13.3. The molecule has 0 amide bonds. The number of hydrogen-bond acceptors (Lipinski definition) is 4. The summed E-state index contributed by atoms with van der Waals surface area (Å²) in [5, 5.41) is -7.97. The summed E-state index contributed by atoms with van der Waals surface area (Å²) in [6.45, 7) is 0. The van der Waals surface area contributed by atoms with Gasteiger partial charge >= 0.3 is 69.7 Å². The molecule has 0 unspecified atom stereocenters. The van der Waals surface area contributed by atoms with E-state index in [1.54, 1.807) is 0 Å². The van der Waals surface area contributed by atoms with Crippen LogP contribution in [0.2, 0.25) is 0 Å². The second-order valence-corrected chi connectivity index (χ2v) is 7.52. The Hall–Kier alpha value is -1.64. The summed E-state index contributed by atoms with van der Waals surface area (Å²) in [6.07, 6.45) is -39.5. The van der Waals surface area contributed by atoms with Crippen LogP contribution in [-0.4, -0.2) is 72.5 Å². The fourth-order valence-electron chi connectivity index (χ4n) is 1.48. The van der Waals surface area contributed by atoms with Crippen molar-refractivity contribution in [2.45, 2.75) is 59.6 Å². The fraction of sp³-hybridized carbons (Fsp3) is 1.00. The maximum atomic E-state index is 13.3. The fourth-order valence-corrected chi connectivity index (χ4v) is 1.94. The Balaban J connectivity index is 6.67. The Morgan fingerprint density at radius 1 is 0.405 bits per heavy atom. The molecule has 0 fully saturated rings. The van der Waals surface area contributed by atoms with E-state index >= 15 is 0 Å². The summed E-state index contributed by atoms with van der Waals surface area (Å²) in [4.78, 5) is 0. The zero-order valence-electron chi connectivity index (χ0n) is 15.4. The molecule has 0 aromatic carbocycles. The third kappa shape index (κ3) is 5.30. The van der Waals surface area contributed by atoms with E-state index < -0.39 is 69.7 Å². The molecule has 0 rings (SSSR count). The Kier molecular flexibility index (Phi) is 8.30. The molecule has 0 heterocycles. The van der Waals surface area contributed by atoms with Crippen LogP contribution in [0.1, 0.15) is 0 Å². The lowest BCUT2D eigenvalue weighted by molar-refractivity contribution is -0.556. The van der Waals surface area contributed by atoms with Crippen molar-refractivity contribution >= 4 is 10.1 Å². The van der Waals surface area contributed by atoms with E-state index in [0.29, 0.717) is 0 Å². The van der Waals surface area contributed by atoms with Gasteiger partial charge in [-0.25, -0.2) is 9.47 Å². The first-order valence-corrected chi connectivity index (χ1v) is 8.70. The van der Waals surface area contributed by atoms with Crippen molar-refractivity contribution in [1.29, 1.82) is 0 Å².